The third kappa shape index (κ3) is 3.75. The number of halogens is 3. The number of anilines is 1. The lowest BCUT2D eigenvalue weighted by molar-refractivity contribution is 0.102. The molecule has 8 heteroatoms. The Balaban J connectivity index is 2.40. The van der Waals surface area contributed by atoms with Gasteiger partial charge in [-0.05, 0) is 6.07 Å². The van der Waals surface area contributed by atoms with Crippen LogP contribution >= 0.6 is 34.8 Å². The van der Waals surface area contributed by atoms with E-state index in [0.717, 1.165) is 0 Å². The standard InChI is InChI=1S/C15H12Cl3NO4/c1-22-8-3-7(4-9(5-8)23-2)19-15(21)12-13(18)10(16)6-11(17)14(12)20/h3-6,20H,1-2H3,(H,19,21). The summed E-state index contributed by atoms with van der Waals surface area (Å²) in [4.78, 5) is 12.4. The van der Waals surface area contributed by atoms with E-state index in [9.17, 15) is 9.90 Å². The van der Waals surface area contributed by atoms with E-state index in [1.165, 1.54) is 20.3 Å². The molecule has 0 aliphatic heterocycles. The highest BCUT2D eigenvalue weighted by molar-refractivity contribution is 6.46. The molecule has 2 N–H and O–H groups in total. The number of rotatable bonds is 4. The van der Waals surface area contributed by atoms with Crippen molar-refractivity contribution < 1.29 is 19.4 Å². The van der Waals surface area contributed by atoms with E-state index in [0.29, 0.717) is 17.2 Å². The molecule has 122 valence electrons. The molecule has 1 amide bonds. The summed E-state index contributed by atoms with van der Waals surface area (Å²) in [6, 6.07) is 6.07. The van der Waals surface area contributed by atoms with Crippen LogP contribution in [0.1, 0.15) is 10.4 Å². The van der Waals surface area contributed by atoms with Crippen molar-refractivity contribution in [2.45, 2.75) is 0 Å². The summed E-state index contributed by atoms with van der Waals surface area (Å²) >= 11 is 17.7. The molecule has 0 atom stereocenters. The molecule has 0 saturated carbocycles. The number of hydrogen-bond donors (Lipinski definition) is 2. The lowest BCUT2D eigenvalue weighted by Gasteiger charge is -2.12. The van der Waals surface area contributed by atoms with E-state index in [-0.39, 0.29) is 20.6 Å². The molecule has 0 bridgehead atoms. The molecule has 2 aromatic carbocycles. The molecule has 0 radical (unpaired) electrons. The van der Waals surface area contributed by atoms with E-state index in [1.54, 1.807) is 18.2 Å². The highest BCUT2D eigenvalue weighted by atomic mass is 35.5. The Hall–Kier alpha value is -1.82. The van der Waals surface area contributed by atoms with Crippen molar-refractivity contribution in [2.24, 2.45) is 0 Å². The van der Waals surface area contributed by atoms with Gasteiger partial charge in [0.2, 0.25) is 0 Å². The first kappa shape index (κ1) is 17.5. The molecule has 0 saturated heterocycles. The highest BCUT2D eigenvalue weighted by Gasteiger charge is 2.21. The second-order valence-electron chi connectivity index (χ2n) is 4.43. The summed E-state index contributed by atoms with van der Waals surface area (Å²) in [7, 11) is 2.97. The van der Waals surface area contributed by atoms with Crippen molar-refractivity contribution in [2.75, 3.05) is 19.5 Å². The molecule has 0 spiro atoms. The SMILES string of the molecule is COc1cc(NC(=O)c2c(O)c(Cl)cc(Cl)c2Cl)cc(OC)c1. The van der Waals surface area contributed by atoms with E-state index in [2.05, 4.69) is 5.32 Å². The van der Waals surface area contributed by atoms with Crippen LogP contribution in [0, 0.1) is 0 Å². The average Bonchev–Trinajstić information content (AvgIpc) is 2.52. The first-order valence-electron chi connectivity index (χ1n) is 6.28. The number of benzene rings is 2. The summed E-state index contributed by atoms with van der Waals surface area (Å²) in [6.45, 7) is 0. The molecule has 2 aromatic rings. The maximum atomic E-state index is 12.4. The van der Waals surface area contributed by atoms with Crippen molar-refractivity contribution in [1.29, 1.82) is 0 Å². The number of amides is 1. The smallest absolute Gasteiger partial charge is 0.261 e. The van der Waals surface area contributed by atoms with Gasteiger partial charge in [0.1, 0.15) is 22.8 Å². The number of aromatic hydroxyl groups is 1. The Kier molecular flexibility index (Phi) is 5.46. The zero-order valence-corrected chi connectivity index (χ0v) is 14.4. The van der Waals surface area contributed by atoms with Crippen molar-refractivity contribution >= 4 is 46.4 Å². The van der Waals surface area contributed by atoms with Gasteiger partial charge in [0.25, 0.3) is 5.91 Å². The van der Waals surface area contributed by atoms with Gasteiger partial charge in [0, 0.05) is 23.9 Å². The van der Waals surface area contributed by atoms with Crippen LogP contribution in [0.5, 0.6) is 17.2 Å². The maximum Gasteiger partial charge on any atom is 0.261 e. The second kappa shape index (κ2) is 7.17. The first-order valence-corrected chi connectivity index (χ1v) is 7.41. The van der Waals surface area contributed by atoms with Gasteiger partial charge in [-0.1, -0.05) is 34.8 Å². The molecule has 23 heavy (non-hydrogen) atoms. The van der Waals surface area contributed by atoms with Crippen molar-refractivity contribution in [1.82, 2.24) is 0 Å². The Morgan fingerprint density at radius 3 is 2.09 bits per heavy atom. The van der Waals surface area contributed by atoms with E-state index >= 15 is 0 Å². The van der Waals surface area contributed by atoms with Gasteiger partial charge >= 0.3 is 0 Å². The van der Waals surface area contributed by atoms with Gasteiger partial charge in [-0.2, -0.15) is 0 Å². The quantitative estimate of drug-likeness (QED) is 0.764. The van der Waals surface area contributed by atoms with Crippen LogP contribution in [0.2, 0.25) is 15.1 Å². The molecule has 0 aromatic heterocycles. The molecule has 0 fully saturated rings. The predicted octanol–water partition coefficient (Wildman–Crippen LogP) is 4.62. The zero-order valence-electron chi connectivity index (χ0n) is 12.1. The van der Waals surface area contributed by atoms with E-state index in [1.807, 2.05) is 0 Å². The molecular formula is C15H12Cl3NO4. The first-order chi connectivity index (χ1) is 10.9. The third-order valence-electron chi connectivity index (χ3n) is 2.98. The zero-order chi connectivity index (χ0) is 17.1. The molecule has 0 unspecified atom stereocenters. The number of carbonyl (C=O) groups is 1. The predicted molar refractivity (Wildman–Crippen MR) is 90.6 cm³/mol. The van der Waals surface area contributed by atoms with Crippen molar-refractivity contribution in [3.63, 3.8) is 0 Å². The Bertz CT molecular complexity index is 716. The summed E-state index contributed by atoms with van der Waals surface area (Å²) in [5.41, 5.74) is 0.170. The minimum atomic E-state index is -0.674. The second-order valence-corrected chi connectivity index (χ2v) is 5.63. The fourth-order valence-corrected chi connectivity index (χ4v) is 2.56. The Morgan fingerprint density at radius 1 is 1.00 bits per heavy atom. The number of carbonyl (C=O) groups excluding carboxylic acids is 1. The van der Waals surface area contributed by atoms with Gasteiger partial charge in [0.05, 0.1) is 29.3 Å². The van der Waals surface area contributed by atoms with Crippen molar-refractivity contribution in [3.8, 4) is 17.2 Å². The Morgan fingerprint density at radius 2 is 1.57 bits per heavy atom. The third-order valence-corrected chi connectivity index (χ3v) is 4.06. The number of phenolic OH excluding ortho intramolecular Hbond substituents is 1. The molecule has 0 heterocycles. The molecule has 0 aliphatic carbocycles. The minimum Gasteiger partial charge on any atom is -0.505 e. The fourth-order valence-electron chi connectivity index (χ4n) is 1.87. The van der Waals surface area contributed by atoms with Gasteiger partial charge < -0.3 is 19.9 Å². The maximum absolute atomic E-state index is 12.4. The van der Waals surface area contributed by atoms with Gasteiger partial charge in [-0.3, -0.25) is 4.79 Å². The number of methoxy groups -OCH3 is 2. The van der Waals surface area contributed by atoms with E-state index in [4.69, 9.17) is 44.3 Å². The lowest BCUT2D eigenvalue weighted by Crippen LogP contribution is -2.13. The van der Waals surface area contributed by atoms with Crippen LogP contribution in [-0.2, 0) is 0 Å². The van der Waals surface area contributed by atoms with Crippen LogP contribution in [0.3, 0.4) is 0 Å². The number of nitrogens with one attached hydrogen (secondary N) is 1. The molecule has 5 nitrogen and oxygen atoms in total. The average molecular weight is 377 g/mol. The van der Waals surface area contributed by atoms with Gasteiger partial charge in [-0.25, -0.2) is 0 Å². The topological polar surface area (TPSA) is 67.8 Å². The fraction of sp³-hybridized carbons (Fsp3) is 0.133. The minimum absolute atomic E-state index is 0.0582. The largest absolute Gasteiger partial charge is 0.505 e. The number of ether oxygens (including phenoxy) is 2. The summed E-state index contributed by atoms with van der Waals surface area (Å²) in [6.07, 6.45) is 0. The normalized spacial score (nSPS) is 10.3. The molecular weight excluding hydrogens is 365 g/mol. The van der Waals surface area contributed by atoms with Crippen molar-refractivity contribution in [3.05, 3.63) is 44.9 Å². The highest BCUT2D eigenvalue weighted by Crippen LogP contribution is 2.39. The van der Waals surface area contributed by atoms with Crippen LogP contribution in [-0.4, -0.2) is 25.2 Å². The summed E-state index contributed by atoms with van der Waals surface area (Å²) in [5, 5.41) is 12.4. The van der Waals surface area contributed by atoms with Crippen LogP contribution in [0.15, 0.2) is 24.3 Å². The van der Waals surface area contributed by atoms with Crippen LogP contribution < -0.4 is 14.8 Å². The molecule has 2 rings (SSSR count). The number of hydrogen-bond acceptors (Lipinski definition) is 4. The van der Waals surface area contributed by atoms with Crippen LogP contribution in [0.4, 0.5) is 5.69 Å². The Labute approximate surface area is 147 Å². The molecule has 0 aliphatic rings. The monoisotopic (exact) mass is 375 g/mol. The summed E-state index contributed by atoms with van der Waals surface area (Å²) < 4.78 is 10.2. The number of phenols is 1. The lowest BCUT2D eigenvalue weighted by atomic mass is 10.1. The van der Waals surface area contributed by atoms with Gasteiger partial charge in [-0.15, -0.1) is 0 Å². The summed E-state index contributed by atoms with van der Waals surface area (Å²) in [5.74, 6) is -0.154. The van der Waals surface area contributed by atoms with Gasteiger partial charge in [0.15, 0.2) is 0 Å². The van der Waals surface area contributed by atoms with Crippen LogP contribution in [0.25, 0.3) is 0 Å². The van der Waals surface area contributed by atoms with E-state index < -0.39 is 11.7 Å².